The molecule has 1 fully saturated rings. The van der Waals surface area contributed by atoms with E-state index in [2.05, 4.69) is 0 Å². The van der Waals surface area contributed by atoms with Gasteiger partial charge in [-0.3, -0.25) is 0 Å². The number of halogens is 1. The molecule has 2 N–H and O–H groups in total. The number of nitrogens with two attached hydrogens (primary N) is 1. The van der Waals surface area contributed by atoms with E-state index in [4.69, 9.17) is 22.1 Å². The van der Waals surface area contributed by atoms with Crippen molar-refractivity contribution in [2.75, 3.05) is 12.8 Å². The number of anilines is 1. The molecular weight excluding hydrogens is 286 g/mol. The third kappa shape index (κ3) is 2.88. The number of sulfone groups is 1. The molecule has 6 heteroatoms. The first-order valence-corrected chi connectivity index (χ1v) is 8.20. The van der Waals surface area contributed by atoms with Crippen LogP contribution in [0.5, 0.6) is 0 Å². The Kier molecular flexibility index (Phi) is 4.38. The molecule has 2 unspecified atom stereocenters. The first-order chi connectivity index (χ1) is 8.96. The molecule has 0 amide bonds. The van der Waals surface area contributed by atoms with Crippen LogP contribution in [0.3, 0.4) is 0 Å². The van der Waals surface area contributed by atoms with Crippen molar-refractivity contribution in [1.82, 2.24) is 0 Å². The van der Waals surface area contributed by atoms with Gasteiger partial charge in [-0.25, -0.2) is 8.42 Å². The zero-order valence-corrected chi connectivity index (χ0v) is 12.4. The minimum absolute atomic E-state index is 0.00256. The second kappa shape index (κ2) is 5.69. The Labute approximate surface area is 118 Å². The van der Waals surface area contributed by atoms with Crippen LogP contribution in [0, 0.1) is 0 Å². The number of rotatable bonds is 3. The fourth-order valence-electron chi connectivity index (χ4n) is 2.59. The average Bonchev–Trinajstić information content (AvgIpc) is 2.38. The third-order valence-electron chi connectivity index (χ3n) is 3.63. The smallest absolute Gasteiger partial charge is 0.184 e. The van der Waals surface area contributed by atoms with Gasteiger partial charge in [-0.2, -0.15) is 0 Å². The maximum Gasteiger partial charge on any atom is 0.184 e. The topological polar surface area (TPSA) is 69.4 Å². The van der Waals surface area contributed by atoms with E-state index in [0.29, 0.717) is 12.8 Å². The number of methoxy groups -OCH3 is 1. The van der Waals surface area contributed by atoms with Crippen LogP contribution in [0.15, 0.2) is 23.1 Å². The normalized spacial score (nSPS) is 24.3. The SMILES string of the molecule is COC1CCCC(S(=O)(=O)c2c(N)cccc2Cl)C1. The molecule has 1 aliphatic rings. The second-order valence-corrected chi connectivity index (χ2v) is 7.42. The van der Waals surface area contributed by atoms with Gasteiger partial charge in [0, 0.05) is 7.11 Å². The predicted molar refractivity (Wildman–Crippen MR) is 76.1 cm³/mol. The average molecular weight is 304 g/mol. The van der Waals surface area contributed by atoms with Gasteiger partial charge in [0.15, 0.2) is 9.84 Å². The molecule has 4 nitrogen and oxygen atoms in total. The first-order valence-electron chi connectivity index (χ1n) is 6.27. The van der Waals surface area contributed by atoms with E-state index in [-0.39, 0.29) is 21.7 Å². The number of hydrogen-bond donors (Lipinski definition) is 1. The summed E-state index contributed by atoms with van der Waals surface area (Å²) >= 11 is 6.01. The number of ether oxygens (including phenoxy) is 1. The van der Waals surface area contributed by atoms with Crippen LogP contribution < -0.4 is 5.73 Å². The van der Waals surface area contributed by atoms with Crippen LogP contribution in [0.4, 0.5) is 5.69 Å². The van der Waals surface area contributed by atoms with Gasteiger partial charge in [-0.1, -0.05) is 17.7 Å². The molecule has 0 saturated heterocycles. The van der Waals surface area contributed by atoms with Crippen molar-refractivity contribution < 1.29 is 13.2 Å². The van der Waals surface area contributed by atoms with E-state index in [1.165, 1.54) is 0 Å². The number of hydrogen-bond acceptors (Lipinski definition) is 4. The van der Waals surface area contributed by atoms with Crippen LogP contribution in [-0.2, 0) is 14.6 Å². The minimum Gasteiger partial charge on any atom is -0.398 e. The molecule has 106 valence electrons. The van der Waals surface area contributed by atoms with E-state index in [1.807, 2.05) is 0 Å². The molecule has 1 aliphatic carbocycles. The number of nitrogen functional groups attached to an aromatic ring is 1. The lowest BCUT2D eigenvalue weighted by Gasteiger charge is -2.28. The van der Waals surface area contributed by atoms with Crippen molar-refractivity contribution in [3.63, 3.8) is 0 Å². The minimum atomic E-state index is -3.50. The lowest BCUT2D eigenvalue weighted by Crippen LogP contribution is -2.32. The van der Waals surface area contributed by atoms with Crippen LogP contribution in [-0.4, -0.2) is 26.9 Å². The molecule has 0 aliphatic heterocycles. The van der Waals surface area contributed by atoms with Crippen molar-refractivity contribution in [2.45, 2.75) is 41.9 Å². The Morgan fingerprint density at radius 2 is 2.11 bits per heavy atom. The van der Waals surface area contributed by atoms with Crippen LogP contribution in [0.1, 0.15) is 25.7 Å². The van der Waals surface area contributed by atoms with Crippen LogP contribution >= 0.6 is 11.6 Å². The fraction of sp³-hybridized carbons (Fsp3) is 0.538. The Hall–Kier alpha value is -0.780. The van der Waals surface area contributed by atoms with Gasteiger partial charge in [-0.15, -0.1) is 0 Å². The van der Waals surface area contributed by atoms with Crippen molar-refractivity contribution in [3.8, 4) is 0 Å². The summed E-state index contributed by atoms with van der Waals surface area (Å²) in [7, 11) is -1.89. The van der Waals surface area contributed by atoms with E-state index in [0.717, 1.165) is 12.8 Å². The van der Waals surface area contributed by atoms with Crippen molar-refractivity contribution in [3.05, 3.63) is 23.2 Å². The molecule has 0 spiro atoms. The summed E-state index contributed by atoms with van der Waals surface area (Å²) in [5.74, 6) is 0. The van der Waals surface area contributed by atoms with E-state index < -0.39 is 15.1 Å². The lowest BCUT2D eigenvalue weighted by molar-refractivity contribution is 0.0720. The molecule has 2 atom stereocenters. The van der Waals surface area contributed by atoms with Gasteiger partial charge in [0.25, 0.3) is 0 Å². The Morgan fingerprint density at radius 3 is 2.74 bits per heavy atom. The lowest BCUT2D eigenvalue weighted by atomic mass is 9.97. The Bertz CT molecular complexity index is 539. The molecule has 2 rings (SSSR count). The van der Waals surface area contributed by atoms with Crippen molar-refractivity contribution in [2.24, 2.45) is 0 Å². The summed E-state index contributed by atoms with van der Waals surface area (Å²) in [6.45, 7) is 0. The van der Waals surface area contributed by atoms with Gasteiger partial charge in [0.2, 0.25) is 0 Å². The second-order valence-electron chi connectivity index (χ2n) is 4.85. The molecule has 19 heavy (non-hydrogen) atoms. The summed E-state index contributed by atoms with van der Waals surface area (Å²) in [4.78, 5) is 0.0680. The highest BCUT2D eigenvalue weighted by molar-refractivity contribution is 7.92. The molecule has 1 aromatic carbocycles. The molecule has 0 radical (unpaired) electrons. The van der Waals surface area contributed by atoms with E-state index in [9.17, 15) is 8.42 Å². The van der Waals surface area contributed by atoms with Gasteiger partial charge < -0.3 is 10.5 Å². The largest absolute Gasteiger partial charge is 0.398 e. The monoisotopic (exact) mass is 303 g/mol. The fourth-order valence-corrected chi connectivity index (χ4v) is 5.11. The maximum atomic E-state index is 12.7. The molecule has 1 aromatic rings. The van der Waals surface area contributed by atoms with Crippen LogP contribution in [0.25, 0.3) is 0 Å². The van der Waals surface area contributed by atoms with Crippen LogP contribution in [0.2, 0.25) is 5.02 Å². The van der Waals surface area contributed by atoms with Gasteiger partial charge in [-0.05, 0) is 37.8 Å². The van der Waals surface area contributed by atoms with Crippen molar-refractivity contribution in [1.29, 1.82) is 0 Å². The number of benzene rings is 1. The zero-order chi connectivity index (χ0) is 14.0. The third-order valence-corrected chi connectivity index (χ3v) is 6.39. The molecular formula is C13H18ClNO3S. The summed E-state index contributed by atoms with van der Waals surface area (Å²) < 4.78 is 30.6. The highest BCUT2D eigenvalue weighted by Gasteiger charge is 2.35. The zero-order valence-electron chi connectivity index (χ0n) is 10.8. The molecule has 0 bridgehead atoms. The molecule has 1 saturated carbocycles. The standard InChI is InChI=1S/C13H18ClNO3S/c1-18-9-4-2-5-10(8-9)19(16,17)13-11(14)6-3-7-12(13)15/h3,6-7,9-10H,2,4-5,8,15H2,1H3. The summed E-state index contributed by atoms with van der Waals surface area (Å²) in [6.07, 6.45) is 2.88. The highest BCUT2D eigenvalue weighted by atomic mass is 35.5. The summed E-state index contributed by atoms with van der Waals surface area (Å²) in [6, 6.07) is 4.77. The van der Waals surface area contributed by atoms with Gasteiger partial charge in [0.1, 0.15) is 4.90 Å². The quantitative estimate of drug-likeness (QED) is 0.872. The van der Waals surface area contributed by atoms with Gasteiger partial charge >= 0.3 is 0 Å². The van der Waals surface area contributed by atoms with E-state index in [1.54, 1.807) is 25.3 Å². The van der Waals surface area contributed by atoms with Crippen molar-refractivity contribution >= 4 is 27.1 Å². The first kappa shape index (κ1) is 14.6. The van der Waals surface area contributed by atoms with E-state index >= 15 is 0 Å². The Morgan fingerprint density at radius 1 is 1.37 bits per heavy atom. The predicted octanol–water partition coefficient (Wildman–Crippen LogP) is 2.65. The highest BCUT2D eigenvalue weighted by Crippen LogP contribution is 2.35. The summed E-state index contributed by atoms with van der Waals surface area (Å²) in [5.41, 5.74) is 6.00. The molecule has 0 heterocycles. The summed E-state index contributed by atoms with van der Waals surface area (Å²) in [5, 5.41) is -0.270. The Balaban J connectivity index is 2.37. The van der Waals surface area contributed by atoms with Gasteiger partial charge in [0.05, 0.1) is 22.1 Å². The molecule has 0 aromatic heterocycles. The maximum absolute atomic E-state index is 12.7.